The first kappa shape index (κ1) is 17.3. The number of ether oxygens (including phenoxy) is 1. The van der Waals surface area contributed by atoms with Crippen LogP contribution >= 0.6 is 0 Å². The zero-order valence-corrected chi connectivity index (χ0v) is 12.0. The number of alkyl carbamates (subject to hydrolysis) is 1. The molecule has 0 aromatic heterocycles. The lowest BCUT2D eigenvalue weighted by Crippen LogP contribution is -2.34. The summed E-state index contributed by atoms with van der Waals surface area (Å²) in [6.07, 6.45) is -6.23. The van der Waals surface area contributed by atoms with E-state index < -0.39 is 29.5 Å². The van der Waals surface area contributed by atoms with Crippen molar-refractivity contribution < 1.29 is 27.8 Å². The van der Waals surface area contributed by atoms with Gasteiger partial charge in [-0.1, -0.05) is 12.1 Å². The lowest BCUT2D eigenvalue weighted by molar-refractivity contribution is -0.137. The van der Waals surface area contributed by atoms with Crippen LogP contribution in [0.2, 0.25) is 0 Å². The summed E-state index contributed by atoms with van der Waals surface area (Å²) < 4.78 is 42.2. The van der Waals surface area contributed by atoms with Gasteiger partial charge in [0.05, 0.1) is 18.2 Å². The van der Waals surface area contributed by atoms with Gasteiger partial charge in [0.15, 0.2) is 0 Å². The fourth-order valence-corrected chi connectivity index (χ4v) is 1.51. The maximum Gasteiger partial charge on any atom is 0.416 e. The van der Waals surface area contributed by atoms with Crippen LogP contribution in [0.15, 0.2) is 24.3 Å². The molecule has 0 unspecified atom stereocenters. The van der Waals surface area contributed by atoms with E-state index in [0.29, 0.717) is 0 Å². The molecule has 0 heterocycles. The number of nitrogens with one attached hydrogen (secondary N) is 1. The molecule has 0 aliphatic rings. The van der Waals surface area contributed by atoms with E-state index >= 15 is 0 Å². The van der Waals surface area contributed by atoms with Crippen molar-refractivity contribution >= 4 is 6.09 Å². The van der Waals surface area contributed by atoms with Crippen molar-refractivity contribution in [2.45, 2.75) is 38.7 Å². The molecule has 21 heavy (non-hydrogen) atoms. The normalized spacial score (nSPS) is 13.7. The van der Waals surface area contributed by atoms with Crippen molar-refractivity contribution in [3.63, 3.8) is 0 Å². The number of alkyl halides is 3. The van der Waals surface area contributed by atoms with E-state index in [9.17, 15) is 23.1 Å². The third kappa shape index (κ3) is 6.03. The number of carbonyl (C=O) groups is 1. The van der Waals surface area contributed by atoms with E-state index in [0.717, 1.165) is 12.1 Å². The summed E-state index contributed by atoms with van der Waals surface area (Å²) in [5.74, 6) is 0. The number of halogens is 3. The van der Waals surface area contributed by atoms with Crippen molar-refractivity contribution in [2.24, 2.45) is 0 Å². The largest absolute Gasteiger partial charge is 0.444 e. The van der Waals surface area contributed by atoms with Gasteiger partial charge >= 0.3 is 12.3 Å². The Kier molecular flexibility index (Phi) is 5.22. The molecule has 1 aromatic carbocycles. The van der Waals surface area contributed by atoms with Gasteiger partial charge in [-0.3, -0.25) is 0 Å². The molecular formula is C14H18F3NO3. The van der Waals surface area contributed by atoms with E-state index in [-0.39, 0.29) is 12.1 Å². The molecule has 0 fully saturated rings. The Morgan fingerprint density at radius 3 is 2.19 bits per heavy atom. The maximum atomic E-state index is 12.4. The van der Waals surface area contributed by atoms with Crippen LogP contribution in [0.4, 0.5) is 18.0 Å². The van der Waals surface area contributed by atoms with Gasteiger partial charge in [-0.15, -0.1) is 0 Å². The predicted molar refractivity (Wildman–Crippen MR) is 70.6 cm³/mol. The minimum absolute atomic E-state index is 0.153. The highest BCUT2D eigenvalue weighted by Crippen LogP contribution is 2.29. The SMILES string of the molecule is CC(C)(C)OC(=O)NC[C@H](O)c1ccc(C(F)(F)F)cc1. The lowest BCUT2D eigenvalue weighted by atomic mass is 10.1. The molecule has 0 aliphatic heterocycles. The Hall–Kier alpha value is -1.76. The minimum atomic E-state index is -4.42. The standard InChI is InChI=1S/C14H18F3NO3/c1-13(2,3)21-12(20)18-8-11(19)9-4-6-10(7-5-9)14(15,16)17/h4-7,11,19H,8H2,1-3H3,(H,18,20)/t11-/m0/s1. The second-order valence-corrected chi connectivity index (χ2v) is 5.52. The molecule has 7 heteroatoms. The molecule has 2 N–H and O–H groups in total. The third-order valence-electron chi connectivity index (χ3n) is 2.46. The van der Waals surface area contributed by atoms with Crippen LogP contribution in [0.1, 0.15) is 38.0 Å². The molecule has 0 radical (unpaired) electrons. The molecule has 0 bridgehead atoms. The fourth-order valence-electron chi connectivity index (χ4n) is 1.51. The monoisotopic (exact) mass is 305 g/mol. The van der Waals surface area contributed by atoms with Crippen LogP contribution in [-0.4, -0.2) is 23.3 Å². The number of aliphatic hydroxyl groups is 1. The van der Waals surface area contributed by atoms with E-state index in [1.54, 1.807) is 20.8 Å². The zero-order chi connectivity index (χ0) is 16.3. The summed E-state index contributed by atoms with van der Waals surface area (Å²) in [6.45, 7) is 4.93. The second-order valence-electron chi connectivity index (χ2n) is 5.52. The van der Waals surface area contributed by atoms with Gasteiger partial charge in [-0.25, -0.2) is 4.79 Å². The molecule has 0 aliphatic carbocycles. The predicted octanol–water partition coefficient (Wildman–Crippen LogP) is 3.26. The van der Waals surface area contributed by atoms with Crippen LogP contribution in [0.5, 0.6) is 0 Å². The molecule has 4 nitrogen and oxygen atoms in total. The highest BCUT2D eigenvalue weighted by Gasteiger charge is 2.30. The molecule has 1 atom stereocenters. The quantitative estimate of drug-likeness (QED) is 0.901. The molecule has 118 valence electrons. The fraction of sp³-hybridized carbons (Fsp3) is 0.500. The lowest BCUT2D eigenvalue weighted by Gasteiger charge is -2.20. The van der Waals surface area contributed by atoms with E-state index in [1.165, 1.54) is 12.1 Å². The average molecular weight is 305 g/mol. The summed E-state index contributed by atoms with van der Waals surface area (Å²) in [6, 6.07) is 4.10. The highest BCUT2D eigenvalue weighted by molar-refractivity contribution is 5.67. The van der Waals surface area contributed by atoms with Crippen molar-refractivity contribution in [3.8, 4) is 0 Å². The van der Waals surface area contributed by atoms with Gasteiger partial charge in [0.1, 0.15) is 5.60 Å². The Balaban J connectivity index is 2.56. The molecule has 0 saturated heterocycles. The Morgan fingerprint density at radius 1 is 1.24 bits per heavy atom. The first-order chi connectivity index (χ1) is 9.49. The van der Waals surface area contributed by atoms with E-state index in [4.69, 9.17) is 4.74 Å². The molecule has 1 amide bonds. The van der Waals surface area contributed by atoms with Gasteiger partial charge < -0.3 is 15.2 Å². The summed E-state index contributed by atoms with van der Waals surface area (Å²) in [5, 5.41) is 12.2. The molecule has 1 aromatic rings. The van der Waals surface area contributed by atoms with Crippen molar-refractivity contribution in [1.82, 2.24) is 5.32 Å². The number of rotatable bonds is 3. The topological polar surface area (TPSA) is 58.6 Å². The minimum Gasteiger partial charge on any atom is -0.444 e. The maximum absolute atomic E-state index is 12.4. The first-order valence-corrected chi connectivity index (χ1v) is 6.31. The molecule has 1 rings (SSSR count). The number of benzene rings is 1. The second kappa shape index (κ2) is 6.34. The van der Waals surface area contributed by atoms with Crippen LogP contribution in [0.25, 0.3) is 0 Å². The van der Waals surface area contributed by atoms with Gasteiger partial charge in [-0.2, -0.15) is 13.2 Å². The zero-order valence-electron chi connectivity index (χ0n) is 12.0. The summed E-state index contributed by atoms with van der Waals surface area (Å²) in [5.41, 5.74) is -1.18. The Bertz CT molecular complexity index is 478. The van der Waals surface area contributed by atoms with Gasteiger partial charge in [0, 0.05) is 0 Å². The highest BCUT2D eigenvalue weighted by atomic mass is 19.4. The molecular weight excluding hydrogens is 287 g/mol. The number of hydrogen-bond acceptors (Lipinski definition) is 3. The number of amides is 1. The van der Waals surface area contributed by atoms with E-state index in [2.05, 4.69) is 5.32 Å². The van der Waals surface area contributed by atoms with Crippen LogP contribution < -0.4 is 5.32 Å². The number of hydrogen-bond donors (Lipinski definition) is 2. The average Bonchev–Trinajstić information content (AvgIpc) is 2.33. The van der Waals surface area contributed by atoms with Crippen molar-refractivity contribution in [2.75, 3.05) is 6.54 Å². The van der Waals surface area contributed by atoms with Crippen molar-refractivity contribution in [1.29, 1.82) is 0 Å². The van der Waals surface area contributed by atoms with E-state index in [1.807, 2.05) is 0 Å². The summed E-state index contributed by atoms with van der Waals surface area (Å²) in [4.78, 5) is 11.4. The smallest absolute Gasteiger partial charge is 0.416 e. The first-order valence-electron chi connectivity index (χ1n) is 6.31. The van der Waals surface area contributed by atoms with Crippen LogP contribution in [0, 0.1) is 0 Å². The van der Waals surface area contributed by atoms with Crippen LogP contribution in [0.3, 0.4) is 0 Å². The molecule has 0 saturated carbocycles. The summed E-state index contributed by atoms with van der Waals surface area (Å²) in [7, 11) is 0. The van der Waals surface area contributed by atoms with Gasteiger partial charge in [-0.05, 0) is 38.5 Å². The third-order valence-corrected chi connectivity index (χ3v) is 2.46. The molecule has 0 spiro atoms. The van der Waals surface area contributed by atoms with Gasteiger partial charge in [0.25, 0.3) is 0 Å². The number of carbonyl (C=O) groups excluding carboxylic acids is 1. The Morgan fingerprint density at radius 2 is 1.76 bits per heavy atom. The number of aliphatic hydroxyl groups excluding tert-OH is 1. The summed E-state index contributed by atoms with van der Waals surface area (Å²) >= 11 is 0. The Labute approximate surface area is 120 Å². The van der Waals surface area contributed by atoms with Crippen LogP contribution in [-0.2, 0) is 10.9 Å². The van der Waals surface area contributed by atoms with Crippen molar-refractivity contribution in [3.05, 3.63) is 35.4 Å². The van der Waals surface area contributed by atoms with Gasteiger partial charge in [0.2, 0.25) is 0 Å².